The molecule has 0 saturated carbocycles. The van der Waals surface area contributed by atoms with Crippen molar-refractivity contribution in [3.8, 4) is 6.07 Å². The Kier molecular flexibility index (Phi) is 4.94. The molecule has 0 heterocycles. The molecule has 0 aliphatic heterocycles. The molecule has 0 aliphatic carbocycles. The maximum Gasteiger partial charge on any atom is 0.123 e. The van der Waals surface area contributed by atoms with E-state index in [1.165, 1.54) is 12.1 Å². The predicted molar refractivity (Wildman–Crippen MR) is 62.0 cm³/mol. The number of halogens is 1. The second-order valence-electron chi connectivity index (χ2n) is 4.24. The van der Waals surface area contributed by atoms with Crippen LogP contribution in [0.3, 0.4) is 0 Å². The number of hydrogen-bond donors (Lipinski definition) is 1. The minimum absolute atomic E-state index is 0.0282. The van der Waals surface area contributed by atoms with E-state index in [4.69, 9.17) is 5.26 Å². The highest BCUT2D eigenvalue weighted by atomic mass is 19.1. The molecule has 0 saturated heterocycles. The van der Waals surface area contributed by atoms with E-state index in [2.05, 4.69) is 11.4 Å². The molecule has 1 rings (SSSR count). The van der Waals surface area contributed by atoms with Gasteiger partial charge in [0.25, 0.3) is 0 Å². The first-order valence-corrected chi connectivity index (χ1v) is 5.48. The first-order valence-electron chi connectivity index (χ1n) is 5.48. The smallest absolute Gasteiger partial charge is 0.123 e. The van der Waals surface area contributed by atoms with Gasteiger partial charge in [-0.3, -0.25) is 0 Å². The van der Waals surface area contributed by atoms with Crippen molar-refractivity contribution in [2.45, 2.75) is 20.4 Å². The Labute approximate surface area is 96.1 Å². The summed E-state index contributed by atoms with van der Waals surface area (Å²) in [5, 5.41) is 12.1. The molecule has 1 atom stereocenters. The van der Waals surface area contributed by atoms with Crippen LogP contribution in [0, 0.1) is 29.0 Å². The van der Waals surface area contributed by atoms with Crippen molar-refractivity contribution in [3.63, 3.8) is 0 Å². The van der Waals surface area contributed by atoms with E-state index in [0.717, 1.165) is 5.56 Å². The van der Waals surface area contributed by atoms with Crippen LogP contribution in [-0.2, 0) is 6.54 Å². The molecular formula is C13H17FN2. The lowest BCUT2D eigenvalue weighted by atomic mass is 9.97. The van der Waals surface area contributed by atoms with Crippen LogP contribution < -0.4 is 5.32 Å². The zero-order chi connectivity index (χ0) is 12.0. The highest BCUT2D eigenvalue weighted by Gasteiger charge is 2.10. The molecule has 0 fully saturated rings. The van der Waals surface area contributed by atoms with Crippen molar-refractivity contribution in [2.24, 2.45) is 11.8 Å². The number of nitriles is 1. The normalized spacial score (nSPS) is 12.4. The van der Waals surface area contributed by atoms with Crippen LogP contribution in [0.4, 0.5) is 4.39 Å². The summed E-state index contributed by atoms with van der Waals surface area (Å²) in [6.45, 7) is 5.41. The maximum absolute atomic E-state index is 12.6. The Hall–Kier alpha value is -1.40. The monoisotopic (exact) mass is 220 g/mol. The van der Waals surface area contributed by atoms with Gasteiger partial charge in [0.05, 0.1) is 12.0 Å². The third-order valence-electron chi connectivity index (χ3n) is 2.58. The highest BCUT2D eigenvalue weighted by molar-refractivity contribution is 5.15. The molecule has 0 bridgehead atoms. The van der Waals surface area contributed by atoms with E-state index in [1.54, 1.807) is 12.1 Å². The third kappa shape index (κ3) is 4.00. The predicted octanol–water partition coefficient (Wildman–Crippen LogP) is 2.71. The van der Waals surface area contributed by atoms with Gasteiger partial charge in [0.2, 0.25) is 0 Å². The van der Waals surface area contributed by atoms with Crippen molar-refractivity contribution in [1.82, 2.24) is 5.32 Å². The number of rotatable bonds is 5. The van der Waals surface area contributed by atoms with Gasteiger partial charge in [0.15, 0.2) is 0 Å². The fourth-order valence-electron chi connectivity index (χ4n) is 1.40. The Morgan fingerprint density at radius 2 is 1.94 bits per heavy atom. The molecule has 0 aliphatic rings. The van der Waals surface area contributed by atoms with E-state index in [-0.39, 0.29) is 11.7 Å². The summed E-state index contributed by atoms with van der Waals surface area (Å²) in [4.78, 5) is 0. The molecule has 16 heavy (non-hydrogen) atoms. The van der Waals surface area contributed by atoms with Gasteiger partial charge >= 0.3 is 0 Å². The van der Waals surface area contributed by atoms with Gasteiger partial charge in [0.1, 0.15) is 5.82 Å². The van der Waals surface area contributed by atoms with Crippen LogP contribution in [0.1, 0.15) is 19.4 Å². The van der Waals surface area contributed by atoms with Crippen LogP contribution in [-0.4, -0.2) is 6.54 Å². The SMILES string of the molecule is CC(C)C(C#N)CNCc1ccc(F)cc1. The fraction of sp³-hybridized carbons (Fsp3) is 0.462. The highest BCUT2D eigenvalue weighted by Crippen LogP contribution is 2.08. The topological polar surface area (TPSA) is 35.8 Å². The van der Waals surface area contributed by atoms with Gasteiger partial charge in [-0.05, 0) is 23.6 Å². The number of nitrogens with zero attached hydrogens (tertiary/aromatic N) is 1. The van der Waals surface area contributed by atoms with Crippen LogP contribution in [0.15, 0.2) is 24.3 Å². The Balaban J connectivity index is 2.36. The van der Waals surface area contributed by atoms with E-state index >= 15 is 0 Å². The second-order valence-corrected chi connectivity index (χ2v) is 4.24. The van der Waals surface area contributed by atoms with Crippen molar-refractivity contribution < 1.29 is 4.39 Å². The van der Waals surface area contributed by atoms with Crippen molar-refractivity contribution in [1.29, 1.82) is 5.26 Å². The summed E-state index contributed by atoms with van der Waals surface area (Å²) >= 11 is 0. The van der Waals surface area contributed by atoms with Gasteiger partial charge < -0.3 is 5.32 Å². The number of nitrogens with one attached hydrogen (secondary N) is 1. The fourth-order valence-corrected chi connectivity index (χ4v) is 1.40. The molecule has 1 aromatic carbocycles. The molecule has 0 spiro atoms. The van der Waals surface area contributed by atoms with Crippen LogP contribution in [0.2, 0.25) is 0 Å². The van der Waals surface area contributed by atoms with Crippen LogP contribution in [0.25, 0.3) is 0 Å². The van der Waals surface area contributed by atoms with E-state index in [1.807, 2.05) is 13.8 Å². The minimum atomic E-state index is -0.221. The van der Waals surface area contributed by atoms with Gasteiger partial charge in [-0.25, -0.2) is 4.39 Å². The van der Waals surface area contributed by atoms with Crippen LogP contribution in [0.5, 0.6) is 0 Å². The van der Waals surface area contributed by atoms with Crippen molar-refractivity contribution in [2.75, 3.05) is 6.54 Å². The zero-order valence-corrected chi connectivity index (χ0v) is 9.70. The number of hydrogen-bond acceptors (Lipinski definition) is 2. The van der Waals surface area contributed by atoms with Gasteiger partial charge in [-0.2, -0.15) is 5.26 Å². The Morgan fingerprint density at radius 1 is 1.31 bits per heavy atom. The molecule has 1 unspecified atom stereocenters. The molecule has 0 amide bonds. The average molecular weight is 220 g/mol. The number of benzene rings is 1. The summed E-state index contributed by atoms with van der Waals surface area (Å²) in [6, 6.07) is 8.66. The van der Waals surface area contributed by atoms with E-state index in [0.29, 0.717) is 19.0 Å². The lowest BCUT2D eigenvalue weighted by Gasteiger charge is -2.13. The largest absolute Gasteiger partial charge is 0.311 e. The Morgan fingerprint density at radius 3 is 2.44 bits per heavy atom. The summed E-state index contributed by atoms with van der Waals surface area (Å²) in [7, 11) is 0. The molecule has 1 aromatic rings. The lowest BCUT2D eigenvalue weighted by Crippen LogP contribution is -2.24. The first-order chi connectivity index (χ1) is 7.63. The second kappa shape index (κ2) is 6.24. The Bertz CT molecular complexity index is 351. The minimum Gasteiger partial charge on any atom is -0.311 e. The molecule has 0 aromatic heterocycles. The van der Waals surface area contributed by atoms with E-state index < -0.39 is 0 Å². The molecule has 3 heteroatoms. The van der Waals surface area contributed by atoms with Crippen molar-refractivity contribution in [3.05, 3.63) is 35.6 Å². The van der Waals surface area contributed by atoms with Crippen LogP contribution >= 0.6 is 0 Å². The summed E-state index contributed by atoms with van der Waals surface area (Å²) < 4.78 is 12.6. The maximum atomic E-state index is 12.6. The van der Waals surface area contributed by atoms with Gasteiger partial charge in [0, 0.05) is 13.1 Å². The molecular weight excluding hydrogens is 203 g/mol. The zero-order valence-electron chi connectivity index (χ0n) is 9.70. The quantitative estimate of drug-likeness (QED) is 0.828. The third-order valence-corrected chi connectivity index (χ3v) is 2.58. The molecule has 86 valence electrons. The first kappa shape index (κ1) is 12.7. The standard InChI is InChI=1S/C13H17FN2/c1-10(2)12(7-15)9-16-8-11-3-5-13(14)6-4-11/h3-6,10,12,16H,8-9H2,1-2H3. The van der Waals surface area contributed by atoms with Gasteiger partial charge in [-0.15, -0.1) is 0 Å². The van der Waals surface area contributed by atoms with Gasteiger partial charge in [-0.1, -0.05) is 26.0 Å². The average Bonchev–Trinajstić information content (AvgIpc) is 2.26. The van der Waals surface area contributed by atoms with E-state index in [9.17, 15) is 4.39 Å². The summed E-state index contributed by atoms with van der Waals surface area (Å²) in [6.07, 6.45) is 0. The molecule has 0 radical (unpaired) electrons. The summed E-state index contributed by atoms with van der Waals surface area (Å²) in [5.74, 6) is 0.159. The van der Waals surface area contributed by atoms with Crippen molar-refractivity contribution >= 4 is 0 Å². The molecule has 1 N–H and O–H groups in total. The summed E-state index contributed by atoms with van der Waals surface area (Å²) in [5.41, 5.74) is 1.03. The lowest BCUT2D eigenvalue weighted by molar-refractivity contribution is 0.442. The molecule has 2 nitrogen and oxygen atoms in total.